The molecule has 0 N–H and O–H groups in total. The maximum absolute atomic E-state index is 8.59. The van der Waals surface area contributed by atoms with Crippen molar-refractivity contribution in [3.05, 3.63) is 0 Å². The van der Waals surface area contributed by atoms with Gasteiger partial charge in [0.2, 0.25) is 0 Å². The van der Waals surface area contributed by atoms with Gasteiger partial charge in [-0.1, -0.05) is 0 Å². The van der Waals surface area contributed by atoms with Gasteiger partial charge in [-0.3, -0.25) is 0 Å². The van der Waals surface area contributed by atoms with Gasteiger partial charge in [0.15, 0.2) is 0 Å². The van der Waals surface area contributed by atoms with Crippen LogP contribution in [-0.2, 0) is 38.0 Å². The second-order valence-corrected chi connectivity index (χ2v) is 1.68. The van der Waals surface area contributed by atoms with Gasteiger partial charge in [0.1, 0.15) is 0 Å². The summed E-state index contributed by atoms with van der Waals surface area (Å²) in [4.78, 5) is 0. The average Bonchev–Trinajstić information content (AvgIpc) is 0.722. The fraction of sp³-hybridized carbons (Fsp3) is 0. The first-order valence-electron chi connectivity index (χ1n) is 0.667. The summed E-state index contributed by atoms with van der Waals surface area (Å²) in [5.74, 6) is 0. The molecule has 0 aromatic carbocycles. The number of hydrogen-bond donors (Lipinski definition) is 0. The van der Waals surface area contributed by atoms with Crippen molar-refractivity contribution in [2.45, 2.75) is 0 Å². The van der Waals surface area contributed by atoms with Crippen molar-refractivity contribution in [1.29, 1.82) is 0 Å². The Labute approximate surface area is 46.8 Å². The molecule has 0 amide bonds. The Morgan fingerprint density at radius 1 is 1.17 bits per heavy atom. The molecule has 6 heavy (non-hydrogen) atoms. The van der Waals surface area contributed by atoms with Gasteiger partial charge < -0.3 is 0 Å². The van der Waals surface area contributed by atoms with E-state index in [1.165, 1.54) is 0 Å². The van der Waals surface area contributed by atoms with Crippen LogP contribution >= 0.6 is 0 Å². The van der Waals surface area contributed by atoms with Crippen molar-refractivity contribution < 1.29 is 46.3 Å². The van der Waals surface area contributed by atoms with Gasteiger partial charge in [0, 0.05) is 0 Å². The predicted molar refractivity (Wildman–Crippen MR) is 1.37 cm³/mol. The van der Waals surface area contributed by atoms with Crippen LogP contribution in [0.15, 0.2) is 0 Å². The second kappa shape index (κ2) is 2.69. The Balaban J connectivity index is 0. The van der Waals surface area contributed by atoms with E-state index in [0.717, 1.165) is 0 Å². The predicted octanol–water partition coefficient (Wildman–Crippen LogP) is -2.62. The third kappa shape index (κ3) is 185. The van der Waals surface area contributed by atoms with Crippen molar-refractivity contribution in [2.24, 2.45) is 0 Å². The maximum atomic E-state index is 8.59. The van der Waals surface area contributed by atoms with Gasteiger partial charge in [-0.05, 0) is 0 Å². The summed E-state index contributed by atoms with van der Waals surface area (Å²) >= 11 is -5.75. The zero-order chi connectivity index (χ0) is 4.50. The van der Waals surface area contributed by atoms with Crippen LogP contribution in [0.2, 0.25) is 0 Å². The Hall–Kier alpha value is 0.559. The molecule has 0 heterocycles. The monoisotopic (exact) mass is 175 g/mol. The summed E-state index contributed by atoms with van der Waals surface area (Å²) in [6.45, 7) is 0. The molecule has 0 aliphatic rings. The third-order valence-electron chi connectivity index (χ3n) is 0. The minimum absolute atomic E-state index is 0. The Kier molecular flexibility index (Phi) is 4.37. The van der Waals surface area contributed by atoms with Gasteiger partial charge in [0.05, 0.1) is 0 Å². The fourth-order valence-corrected chi connectivity index (χ4v) is 0. The molecule has 4 nitrogen and oxygen atoms in total. The standard InChI is InChI=1S/Co.Cr.4O/q+2;;;;2*-1. The van der Waals surface area contributed by atoms with E-state index >= 15 is 0 Å². The molecule has 0 bridgehead atoms. The molecule has 0 atom stereocenters. The van der Waals surface area contributed by atoms with Crippen LogP contribution in [0.3, 0.4) is 0 Å². The third-order valence-corrected chi connectivity index (χ3v) is 0. The molecule has 0 aromatic heterocycles. The fourth-order valence-electron chi connectivity index (χ4n) is 0. The van der Waals surface area contributed by atoms with Crippen LogP contribution in [0.5, 0.6) is 0 Å². The topological polar surface area (TPSA) is 80.3 Å². The van der Waals surface area contributed by atoms with Crippen molar-refractivity contribution in [1.82, 2.24) is 0 Å². The first kappa shape index (κ1) is 9.75. The number of hydrogen-bond acceptors (Lipinski definition) is 4. The SMILES string of the molecule is [Co+2].[O]=[Cr](=[O])([O-])[O-]. The van der Waals surface area contributed by atoms with Gasteiger partial charge in [-0.15, -0.1) is 0 Å². The summed E-state index contributed by atoms with van der Waals surface area (Å²) in [5.41, 5.74) is 0. The average molecular weight is 175 g/mol. The van der Waals surface area contributed by atoms with Gasteiger partial charge in [-0.25, -0.2) is 0 Å². The molecule has 6 heteroatoms. The summed E-state index contributed by atoms with van der Waals surface area (Å²) in [5, 5.41) is 0. The molecule has 1 radical (unpaired) electrons. The van der Waals surface area contributed by atoms with Crippen LogP contribution in [0.4, 0.5) is 0 Å². The van der Waals surface area contributed by atoms with Crippen LogP contribution in [0.25, 0.3) is 0 Å². The molecule has 0 spiro atoms. The van der Waals surface area contributed by atoms with Gasteiger partial charge in [0.25, 0.3) is 0 Å². The first-order valence-corrected chi connectivity index (χ1v) is 2.75. The second-order valence-electron chi connectivity index (χ2n) is 0.408. The van der Waals surface area contributed by atoms with Crippen LogP contribution < -0.4 is 8.32 Å². The van der Waals surface area contributed by atoms with Crippen molar-refractivity contribution in [2.75, 3.05) is 0 Å². The van der Waals surface area contributed by atoms with Crippen molar-refractivity contribution in [3.63, 3.8) is 0 Å². The van der Waals surface area contributed by atoms with Crippen molar-refractivity contribution in [3.8, 4) is 0 Å². The Morgan fingerprint density at radius 3 is 1.17 bits per heavy atom. The minimum atomic E-state index is -5.75. The number of rotatable bonds is 0. The molecular weight excluding hydrogens is 175 g/mol. The molecule has 0 unspecified atom stereocenters. The van der Waals surface area contributed by atoms with E-state index in [0.29, 0.717) is 0 Å². The van der Waals surface area contributed by atoms with Crippen LogP contribution in [-0.4, -0.2) is 0 Å². The van der Waals surface area contributed by atoms with E-state index in [9.17, 15) is 0 Å². The van der Waals surface area contributed by atoms with E-state index in [4.69, 9.17) is 15.9 Å². The molecule has 0 aliphatic heterocycles. The molecule has 0 aliphatic carbocycles. The first-order chi connectivity index (χ1) is 2.00. The molecule has 0 rings (SSSR count). The quantitative estimate of drug-likeness (QED) is 0.403. The molecule has 0 aromatic rings. The van der Waals surface area contributed by atoms with Crippen LogP contribution in [0.1, 0.15) is 0 Å². The molecule has 0 saturated heterocycles. The van der Waals surface area contributed by atoms with E-state index in [2.05, 4.69) is 0 Å². The van der Waals surface area contributed by atoms with Crippen LogP contribution in [0, 0.1) is 0 Å². The summed E-state index contributed by atoms with van der Waals surface area (Å²) in [7, 11) is 0. The summed E-state index contributed by atoms with van der Waals surface area (Å²) in [6, 6.07) is 0. The molecule has 0 fully saturated rings. The molecular formula is CoCrO4. The summed E-state index contributed by atoms with van der Waals surface area (Å²) < 4.78 is 34.4. The van der Waals surface area contributed by atoms with E-state index < -0.39 is 13.6 Å². The van der Waals surface area contributed by atoms with E-state index in [1.807, 2.05) is 0 Å². The van der Waals surface area contributed by atoms with E-state index in [1.54, 1.807) is 0 Å². The normalized spacial score (nSPS) is 9.67. The molecule has 39 valence electrons. The van der Waals surface area contributed by atoms with Gasteiger partial charge in [-0.2, -0.15) is 0 Å². The Bertz CT molecular complexity index is 90.7. The van der Waals surface area contributed by atoms with E-state index in [-0.39, 0.29) is 16.8 Å². The van der Waals surface area contributed by atoms with Gasteiger partial charge >= 0.3 is 46.3 Å². The zero-order valence-electron chi connectivity index (χ0n) is 2.37. The Morgan fingerprint density at radius 2 is 1.17 bits per heavy atom. The summed E-state index contributed by atoms with van der Waals surface area (Å²) in [6.07, 6.45) is 0. The van der Waals surface area contributed by atoms with Crippen molar-refractivity contribution >= 4 is 0 Å². The molecule has 0 saturated carbocycles. The zero-order valence-corrected chi connectivity index (χ0v) is 4.69.